The number of rotatable bonds is 4. The maximum absolute atomic E-state index is 12.8. The van der Waals surface area contributed by atoms with Crippen molar-refractivity contribution in [3.63, 3.8) is 0 Å². The number of hydrogen-bond donors (Lipinski definition) is 2. The molecule has 0 aliphatic carbocycles. The molecule has 0 bridgehead atoms. The molecule has 2 amide bonds. The highest BCUT2D eigenvalue weighted by Crippen LogP contribution is 2.39. The van der Waals surface area contributed by atoms with Crippen LogP contribution in [0.4, 0.5) is 0 Å². The summed E-state index contributed by atoms with van der Waals surface area (Å²) in [6.45, 7) is 4.77. The molecule has 0 unspecified atom stereocenters. The molecule has 4 rings (SSSR count). The zero-order valence-electron chi connectivity index (χ0n) is 15.7. The van der Waals surface area contributed by atoms with Gasteiger partial charge in [0.1, 0.15) is 5.69 Å². The molecule has 1 spiro atoms. The van der Waals surface area contributed by atoms with Gasteiger partial charge in [0.2, 0.25) is 5.91 Å². The number of amides is 2. The van der Waals surface area contributed by atoms with Crippen LogP contribution in [0.2, 0.25) is 0 Å². The minimum absolute atomic E-state index is 0.00115. The van der Waals surface area contributed by atoms with Crippen LogP contribution in [0.3, 0.4) is 0 Å². The third-order valence-electron chi connectivity index (χ3n) is 5.83. The van der Waals surface area contributed by atoms with Crippen LogP contribution in [0.15, 0.2) is 18.6 Å². The van der Waals surface area contributed by atoms with Gasteiger partial charge < -0.3 is 14.8 Å². The van der Waals surface area contributed by atoms with E-state index in [1.54, 1.807) is 18.6 Å². The van der Waals surface area contributed by atoms with E-state index in [1.165, 1.54) is 0 Å². The quantitative estimate of drug-likeness (QED) is 0.853. The Labute approximate surface area is 158 Å². The van der Waals surface area contributed by atoms with Crippen LogP contribution in [0, 0.1) is 12.3 Å². The molecule has 2 fully saturated rings. The maximum atomic E-state index is 12.8. The second-order valence-corrected chi connectivity index (χ2v) is 7.91. The molecule has 0 saturated carbocycles. The Kier molecular flexibility index (Phi) is 4.72. The van der Waals surface area contributed by atoms with Crippen LogP contribution in [0.5, 0.6) is 0 Å². The molecule has 8 heteroatoms. The van der Waals surface area contributed by atoms with Gasteiger partial charge in [-0.1, -0.05) is 0 Å². The fraction of sp³-hybridized carbons (Fsp3) is 0.579. The first-order valence-corrected chi connectivity index (χ1v) is 9.61. The van der Waals surface area contributed by atoms with Crippen LogP contribution in [0.1, 0.15) is 47.6 Å². The van der Waals surface area contributed by atoms with E-state index < -0.39 is 0 Å². The van der Waals surface area contributed by atoms with Crippen LogP contribution < -0.4 is 0 Å². The number of nitrogens with one attached hydrogen (secondary N) is 2. The number of imidazole rings is 1. The van der Waals surface area contributed by atoms with Crippen molar-refractivity contribution in [2.24, 2.45) is 5.41 Å². The van der Waals surface area contributed by atoms with Crippen molar-refractivity contribution in [3.05, 3.63) is 35.7 Å². The lowest BCUT2D eigenvalue weighted by Gasteiger charge is -2.48. The number of carbonyl (C=O) groups excluding carboxylic acids is 2. The van der Waals surface area contributed by atoms with E-state index in [2.05, 4.69) is 20.2 Å². The number of likely N-dealkylation sites (tertiary alicyclic amines) is 2. The smallest absolute Gasteiger partial charge is 0.274 e. The highest BCUT2D eigenvalue weighted by atomic mass is 16.2. The highest BCUT2D eigenvalue weighted by Gasteiger charge is 2.42. The number of hydrogen-bond acceptors (Lipinski definition) is 4. The van der Waals surface area contributed by atoms with Crippen molar-refractivity contribution >= 4 is 11.8 Å². The van der Waals surface area contributed by atoms with Gasteiger partial charge in [-0.15, -0.1) is 0 Å². The summed E-state index contributed by atoms with van der Waals surface area (Å²) in [4.78, 5) is 36.3. The summed E-state index contributed by atoms with van der Waals surface area (Å²) >= 11 is 0. The number of aryl methyl sites for hydroxylation is 1. The number of H-pyrrole nitrogens is 2. The van der Waals surface area contributed by atoms with Gasteiger partial charge >= 0.3 is 0 Å². The van der Waals surface area contributed by atoms with Crippen LogP contribution in [-0.2, 0) is 11.2 Å². The van der Waals surface area contributed by atoms with Crippen molar-refractivity contribution in [1.29, 1.82) is 0 Å². The highest BCUT2D eigenvalue weighted by molar-refractivity contribution is 5.92. The molecule has 2 saturated heterocycles. The van der Waals surface area contributed by atoms with Crippen molar-refractivity contribution in [2.45, 2.75) is 39.0 Å². The summed E-state index contributed by atoms with van der Waals surface area (Å²) < 4.78 is 0. The van der Waals surface area contributed by atoms with Crippen molar-refractivity contribution in [1.82, 2.24) is 30.0 Å². The number of nitrogens with zero attached hydrogens (tertiary/aromatic N) is 4. The molecule has 0 aromatic carbocycles. The SMILES string of the molecule is Cc1cc(C(=O)N2CCC[C@]3(CCC(=O)N(CCc4cnc[nH]4)C3)C2)n[nH]1. The van der Waals surface area contributed by atoms with Gasteiger partial charge in [-0.3, -0.25) is 14.7 Å². The number of carbonyl (C=O) groups is 2. The average molecular weight is 370 g/mol. The molecule has 27 heavy (non-hydrogen) atoms. The Bertz CT molecular complexity index is 814. The van der Waals surface area contributed by atoms with Crippen LogP contribution in [-0.4, -0.2) is 68.0 Å². The average Bonchev–Trinajstić information content (AvgIpc) is 3.34. The summed E-state index contributed by atoms with van der Waals surface area (Å²) in [6.07, 6.45) is 7.69. The standard InChI is InChI=1S/C19H26N6O2/c1-14-9-16(23-22-14)18(27)25-7-2-5-19(12-25)6-3-17(26)24(11-19)8-4-15-10-20-13-21-15/h9-10,13H,2-8,11-12H2,1H3,(H,20,21)(H,22,23)/t19-/m1/s1. The minimum atomic E-state index is -0.0145. The fourth-order valence-corrected chi connectivity index (χ4v) is 4.39. The minimum Gasteiger partial charge on any atom is -0.348 e. The molecule has 1 atom stereocenters. The van der Waals surface area contributed by atoms with E-state index in [0.717, 1.165) is 50.2 Å². The van der Waals surface area contributed by atoms with E-state index in [1.807, 2.05) is 16.7 Å². The molecule has 2 aromatic heterocycles. The van der Waals surface area contributed by atoms with Gasteiger partial charge in [0.05, 0.1) is 6.33 Å². The summed E-state index contributed by atoms with van der Waals surface area (Å²) in [5.74, 6) is 0.200. The van der Waals surface area contributed by atoms with Crippen molar-refractivity contribution < 1.29 is 9.59 Å². The van der Waals surface area contributed by atoms with Gasteiger partial charge in [-0.05, 0) is 32.3 Å². The Morgan fingerprint density at radius 1 is 1.33 bits per heavy atom. The van der Waals surface area contributed by atoms with Crippen molar-refractivity contribution in [2.75, 3.05) is 26.2 Å². The summed E-state index contributed by atoms with van der Waals surface area (Å²) in [5, 5.41) is 6.96. The lowest BCUT2D eigenvalue weighted by atomic mass is 9.73. The molecular weight excluding hydrogens is 344 g/mol. The van der Waals surface area contributed by atoms with Gasteiger partial charge in [-0.2, -0.15) is 5.10 Å². The van der Waals surface area contributed by atoms with E-state index in [4.69, 9.17) is 0 Å². The first-order valence-electron chi connectivity index (χ1n) is 9.61. The second kappa shape index (κ2) is 7.17. The molecule has 4 heterocycles. The van der Waals surface area contributed by atoms with Gasteiger partial charge in [0.25, 0.3) is 5.91 Å². The van der Waals surface area contributed by atoms with E-state index in [0.29, 0.717) is 25.2 Å². The Morgan fingerprint density at radius 3 is 2.96 bits per heavy atom. The molecule has 2 aromatic rings. The second-order valence-electron chi connectivity index (χ2n) is 7.91. The first-order chi connectivity index (χ1) is 13.0. The van der Waals surface area contributed by atoms with Crippen molar-refractivity contribution in [3.8, 4) is 0 Å². The fourth-order valence-electron chi connectivity index (χ4n) is 4.39. The lowest BCUT2D eigenvalue weighted by Crippen LogP contribution is -2.55. The third-order valence-corrected chi connectivity index (χ3v) is 5.83. The number of aromatic nitrogens is 4. The predicted octanol–water partition coefficient (Wildman–Crippen LogP) is 1.53. The Balaban J connectivity index is 1.43. The van der Waals surface area contributed by atoms with E-state index >= 15 is 0 Å². The molecule has 2 N–H and O–H groups in total. The van der Waals surface area contributed by atoms with E-state index in [9.17, 15) is 9.59 Å². The summed E-state index contributed by atoms with van der Waals surface area (Å²) in [5.41, 5.74) is 2.41. The molecule has 2 aliphatic rings. The van der Waals surface area contributed by atoms with Gasteiger partial charge in [0.15, 0.2) is 0 Å². The summed E-state index contributed by atoms with van der Waals surface area (Å²) in [6, 6.07) is 1.80. The number of piperidine rings is 2. The van der Waals surface area contributed by atoms with Gasteiger partial charge in [-0.25, -0.2) is 4.98 Å². The first kappa shape index (κ1) is 17.8. The monoisotopic (exact) mass is 370 g/mol. The molecule has 2 aliphatic heterocycles. The molecule has 8 nitrogen and oxygen atoms in total. The predicted molar refractivity (Wildman–Crippen MR) is 99.0 cm³/mol. The van der Waals surface area contributed by atoms with Gasteiger partial charge in [0, 0.05) is 62.0 Å². The van der Waals surface area contributed by atoms with E-state index in [-0.39, 0.29) is 17.2 Å². The Morgan fingerprint density at radius 2 is 2.22 bits per heavy atom. The zero-order valence-corrected chi connectivity index (χ0v) is 15.7. The molecule has 144 valence electrons. The third kappa shape index (κ3) is 3.74. The molecule has 0 radical (unpaired) electrons. The topological polar surface area (TPSA) is 98.0 Å². The van der Waals surface area contributed by atoms with Crippen LogP contribution >= 0.6 is 0 Å². The Hall–Kier alpha value is -2.64. The van der Waals surface area contributed by atoms with Crippen LogP contribution in [0.25, 0.3) is 0 Å². The molecular formula is C19H26N6O2. The number of aromatic amines is 2. The lowest BCUT2D eigenvalue weighted by molar-refractivity contribution is -0.138. The zero-order chi connectivity index (χ0) is 18.9. The largest absolute Gasteiger partial charge is 0.348 e. The maximum Gasteiger partial charge on any atom is 0.274 e. The normalized spacial score (nSPS) is 23.2. The summed E-state index contributed by atoms with van der Waals surface area (Å²) in [7, 11) is 0.